The molecule has 3 nitrogen and oxygen atoms in total. The average Bonchev–Trinajstić information content (AvgIpc) is 3.08. The molecule has 0 saturated heterocycles. The van der Waals surface area contributed by atoms with Crippen LogP contribution in [0.1, 0.15) is 0 Å². The molecule has 0 aliphatic rings. The summed E-state index contributed by atoms with van der Waals surface area (Å²) in [7, 11) is -2.79. The van der Waals surface area contributed by atoms with Gasteiger partial charge in [-0.2, -0.15) is 0 Å². The lowest BCUT2D eigenvalue weighted by Crippen LogP contribution is -2.13. The van der Waals surface area contributed by atoms with Crippen LogP contribution in [0.5, 0.6) is 0 Å². The van der Waals surface area contributed by atoms with Crippen molar-refractivity contribution in [2.24, 2.45) is 0 Å². The predicted molar refractivity (Wildman–Crippen MR) is 87.3 cm³/mol. The third-order valence-corrected chi connectivity index (χ3v) is 5.94. The Morgan fingerprint density at radius 2 is 1.48 bits per heavy atom. The molecule has 21 heavy (non-hydrogen) atoms. The Balaban J connectivity index is 2.10. The van der Waals surface area contributed by atoms with Crippen molar-refractivity contribution in [2.75, 3.05) is 0 Å². The van der Waals surface area contributed by atoms with Gasteiger partial charge in [-0.05, 0) is 0 Å². The highest BCUT2D eigenvalue weighted by atomic mass is 31.2. The molecular formula is C17H15N2OP. The van der Waals surface area contributed by atoms with Crippen molar-refractivity contribution in [3.8, 4) is 0 Å². The van der Waals surface area contributed by atoms with Gasteiger partial charge in [-0.1, -0.05) is 60.7 Å². The van der Waals surface area contributed by atoms with E-state index in [-0.39, 0.29) is 0 Å². The molecule has 104 valence electrons. The monoisotopic (exact) mass is 294 g/mol. The summed E-state index contributed by atoms with van der Waals surface area (Å²) in [4.78, 5) is 3.99. The number of hydrogen-bond acceptors (Lipinski definition) is 2. The third kappa shape index (κ3) is 2.88. The first kappa shape index (κ1) is 13.6. The molecule has 1 heterocycles. The fourth-order valence-corrected chi connectivity index (χ4v) is 4.36. The van der Waals surface area contributed by atoms with E-state index in [9.17, 15) is 4.57 Å². The molecule has 0 radical (unpaired) electrons. The second-order valence-corrected chi connectivity index (χ2v) is 7.28. The molecule has 1 aromatic heterocycles. The Morgan fingerprint density at radius 3 is 1.95 bits per heavy atom. The fourth-order valence-electron chi connectivity index (χ4n) is 2.15. The number of rotatable bonds is 4. The van der Waals surface area contributed by atoms with Crippen molar-refractivity contribution in [3.05, 3.63) is 85.2 Å². The van der Waals surface area contributed by atoms with Gasteiger partial charge < -0.3 is 9.13 Å². The summed E-state index contributed by atoms with van der Waals surface area (Å²) in [5.74, 6) is 1.78. The Kier molecular flexibility index (Phi) is 3.85. The highest BCUT2D eigenvalue weighted by Crippen LogP contribution is 2.45. The minimum absolute atomic E-state index is 0.826. The Hall–Kier alpha value is -2.38. The summed E-state index contributed by atoms with van der Waals surface area (Å²) in [5.41, 5.74) is 0. The van der Waals surface area contributed by atoms with E-state index in [0.717, 1.165) is 10.6 Å². The molecule has 0 aliphatic carbocycles. The molecule has 0 fully saturated rings. The topological polar surface area (TPSA) is 34.9 Å². The first-order valence-electron chi connectivity index (χ1n) is 6.67. The van der Waals surface area contributed by atoms with E-state index in [1.807, 2.05) is 66.9 Å². The average molecular weight is 294 g/mol. The van der Waals surface area contributed by atoms with Crippen molar-refractivity contribution in [3.63, 3.8) is 0 Å². The number of nitrogens with zero attached hydrogens (tertiary/aromatic N) is 2. The van der Waals surface area contributed by atoms with E-state index in [1.165, 1.54) is 0 Å². The van der Waals surface area contributed by atoms with Crippen molar-refractivity contribution in [2.45, 2.75) is 0 Å². The van der Waals surface area contributed by atoms with Crippen molar-refractivity contribution in [1.29, 1.82) is 0 Å². The van der Waals surface area contributed by atoms with Crippen molar-refractivity contribution < 1.29 is 4.57 Å². The fraction of sp³-hybridized carbons (Fsp3) is 0. The molecule has 0 unspecified atom stereocenters. The van der Waals surface area contributed by atoms with Crippen LogP contribution in [-0.2, 0) is 4.57 Å². The van der Waals surface area contributed by atoms with Gasteiger partial charge in [-0.25, -0.2) is 4.98 Å². The van der Waals surface area contributed by atoms with E-state index in [2.05, 4.69) is 4.98 Å². The molecule has 0 aliphatic heterocycles. The summed E-state index contributed by atoms with van der Waals surface area (Å²) in [6.45, 7) is 0. The Labute approximate surface area is 124 Å². The Bertz CT molecular complexity index is 722. The summed E-state index contributed by atoms with van der Waals surface area (Å²) in [5, 5.41) is 1.65. The zero-order valence-electron chi connectivity index (χ0n) is 11.4. The van der Waals surface area contributed by atoms with E-state index < -0.39 is 7.14 Å². The maximum absolute atomic E-state index is 13.6. The van der Waals surface area contributed by atoms with E-state index >= 15 is 0 Å². The molecule has 4 heteroatoms. The second-order valence-electron chi connectivity index (χ2n) is 4.64. The zero-order valence-corrected chi connectivity index (χ0v) is 12.3. The quantitative estimate of drug-likeness (QED) is 0.692. The highest BCUT2D eigenvalue weighted by Gasteiger charge is 2.23. The van der Waals surface area contributed by atoms with Crippen molar-refractivity contribution >= 4 is 24.0 Å². The lowest BCUT2D eigenvalue weighted by atomic mass is 10.4. The minimum atomic E-state index is -2.79. The lowest BCUT2D eigenvalue weighted by molar-refractivity contribution is 0.592. The Morgan fingerprint density at radius 1 is 0.905 bits per heavy atom. The molecule has 3 aromatic rings. The third-order valence-electron chi connectivity index (χ3n) is 3.25. The van der Waals surface area contributed by atoms with Gasteiger partial charge in [0.15, 0.2) is 7.14 Å². The number of hydrogen-bond donors (Lipinski definition) is 0. The van der Waals surface area contributed by atoms with Gasteiger partial charge in [-0.3, -0.25) is 0 Å². The first-order chi connectivity index (χ1) is 10.3. The van der Waals surface area contributed by atoms with Crippen LogP contribution < -0.4 is 10.6 Å². The molecule has 0 N–H and O–H groups in total. The van der Waals surface area contributed by atoms with Crippen LogP contribution in [0.4, 0.5) is 0 Å². The maximum Gasteiger partial charge on any atom is 0.165 e. The van der Waals surface area contributed by atoms with Crippen LogP contribution >= 0.6 is 7.14 Å². The van der Waals surface area contributed by atoms with Crippen LogP contribution in [0.25, 0.3) is 6.20 Å². The maximum atomic E-state index is 13.6. The van der Waals surface area contributed by atoms with Crippen LogP contribution in [0.3, 0.4) is 0 Å². The smallest absolute Gasteiger partial charge is 0.165 e. The van der Waals surface area contributed by atoms with Gasteiger partial charge >= 0.3 is 0 Å². The number of imidazole rings is 1. The van der Waals surface area contributed by atoms with Gasteiger partial charge in [0.25, 0.3) is 0 Å². The summed E-state index contributed by atoms with van der Waals surface area (Å²) < 4.78 is 15.4. The largest absolute Gasteiger partial charge is 0.313 e. The number of benzene rings is 2. The van der Waals surface area contributed by atoms with Crippen molar-refractivity contribution in [1.82, 2.24) is 9.55 Å². The van der Waals surface area contributed by atoms with Crippen LogP contribution in [0, 0.1) is 0 Å². The standard InChI is InChI=1S/C17H15N2OP/c20-21(16-7-3-1-4-8-16,17-9-5-2-6-10-17)14-13-19-12-11-18-15-19/h1-15H/b14-13+. The summed E-state index contributed by atoms with van der Waals surface area (Å²) in [6.07, 6.45) is 6.99. The molecule has 0 amide bonds. The first-order valence-corrected chi connectivity index (χ1v) is 8.44. The van der Waals surface area contributed by atoms with E-state index in [0.29, 0.717) is 0 Å². The van der Waals surface area contributed by atoms with Crippen LogP contribution in [-0.4, -0.2) is 9.55 Å². The van der Waals surface area contributed by atoms with Gasteiger partial charge in [0.2, 0.25) is 0 Å². The van der Waals surface area contributed by atoms with E-state index in [4.69, 9.17) is 0 Å². The van der Waals surface area contributed by atoms with Gasteiger partial charge in [0, 0.05) is 35.0 Å². The summed E-state index contributed by atoms with van der Waals surface area (Å²) >= 11 is 0. The van der Waals surface area contributed by atoms with Crippen LogP contribution in [0.15, 0.2) is 85.2 Å². The lowest BCUT2D eigenvalue weighted by Gasteiger charge is -2.15. The van der Waals surface area contributed by atoms with E-state index in [1.54, 1.807) is 29.1 Å². The number of aromatic nitrogens is 2. The molecule has 3 rings (SSSR count). The zero-order chi connectivity index (χ0) is 14.5. The predicted octanol–water partition coefficient (Wildman–Crippen LogP) is 3.33. The van der Waals surface area contributed by atoms with Gasteiger partial charge in [0.1, 0.15) is 0 Å². The molecule has 2 aromatic carbocycles. The molecule has 0 spiro atoms. The minimum Gasteiger partial charge on any atom is -0.313 e. The van der Waals surface area contributed by atoms with Crippen LogP contribution in [0.2, 0.25) is 0 Å². The molecule has 0 atom stereocenters. The highest BCUT2D eigenvalue weighted by molar-refractivity contribution is 7.81. The normalized spacial score (nSPS) is 11.8. The summed E-state index contributed by atoms with van der Waals surface area (Å²) in [6, 6.07) is 19.1. The second kappa shape index (κ2) is 5.94. The molecular weight excluding hydrogens is 279 g/mol. The molecule has 0 saturated carbocycles. The van der Waals surface area contributed by atoms with Gasteiger partial charge in [0.05, 0.1) is 6.33 Å². The molecule has 0 bridgehead atoms. The SMILES string of the molecule is O=P(/C=C/n1ccnc1)(c1ccccc1)c1ccccc1. The van der Waals surface area contributed by atoms with Gasteiger partial charge in [-0.15, -0.1) is 0 Å².